The summed E-state index contributed by atoms with van der Waals surface area (Å²) in [4.78, 5) is 11.8. The van der Waals surface area contributed by atoms with Gasteiger partial charge in [-0.1, -0.05) is 0 Å². The van der Waals surface area contributed by atoms with Gasteiger partial charge in [-0.05, 0) is 15.9 Å². The van der Waals surface area contributed by atoms with Crippen molar-refractivity contribution in [3.05, 3.63) is 16.6 Å². The van der Waals surface area contributed by atoms with Crippen LogP contribution >= 0.6 is 15.9 Å². The number of rotatable bonds is 4. The number of hydrogen-bond donors (Lipinski definition) is 2. The van der Waals surface area contributed by atoms with Gasteiger partial charge in [0.25, 0.3) is 0 Å². The van der Waals surface area contributed by atoms with Crippen molar-refractivity contribution >= 4 is 27.5 Å². The lowest BCUT2D eigenvalue weighted by atomic mass is 10.2. The summed E-state index contributed by atoms with van der Waals surface area (Å²) in [5.74, 6) is 0.932. The van der Waals surface area contributed by atoms with Gasteiger partial charge in [-0.3, -0.25) is 4.79 Å². The van der Waals surface area contributed by atoms with E-state index in [4.69, 9.17) is 19.9 Å². The Kier molecular flexibility index (Phi) is 4.62. The van der Waals surface area contributed by atoms with Gasteiger partial charge in [0, 0.05) is 23.7 Å². The normalized spacial score (nSPS) is 14.9. The van der Waals surface area contributed by atoms with Crippen LogP contribution in [0.25, 0.3) is 0 Å². The van der Waals surface area contributed by atoms with Crippen molar-refractivity contribution in [3.63, 3.8) is 0 Å². The summed E-state index contributed by atoms with van der Waals surface area (Å²) in [7, 11) is 1.49. The number of carbonyl (C=O) groups is 1. The number of ether oxygens (including phenoxy) is 3. The van der Waals surface area contributed by atoms with Crippen molar-refractivity contribution in [3.8, 4) is 11.5 Å². The highest BCUT2D eigenvalue weighted by atomic mass is 79.9. The number of anilines is 1. The monoisotopic (exact) mass is 330 g/mol. The van der Waals surface area contributed by atoms with Crippen LogP contribution < -0.4 is 20.5 Å². The number of nitrogens with two attached hydrogens (primary N) is 1. The molecule has 0 aromatic heterocycles. The number of benzene rings is 1. The molecule has 1 aliphatic heterocycles. The Bertz CT molecular complexity index is 481. The Morgan fingerprint density at radius 1 is 1.47 bits per heavy atom. The predicted molar refractivity (Wildman–Crippen MR) is 73.6 cm³/mol. The Labute approximate surface area is 119 Å². The first-order chi connectivity index (χ1) is 9.11. The SMILES string of the molecule is COCC(N)C(=O)Nc1cc2c(cc1Br)OCCO2. The number of fused-ring (bicyclic) bond motifs is 1. The molecule has 0 saturated carbocycles. The summed E-state index contributed by atoms with van der Waals surface area (Å²) in [5, 5.41) is 2.72. The van der Waals surface area contributed by atoms with Crippen LogP contribution in [0.4, 0.5) is 5.69 Å². The Morgan fingerprint density at radius 3 is 2.74 bits per heavy atom. The largest absolute Gasteiger partial charge is 0.486 e. The molecule has 0 radical (unpaired) electrons. The third kappa shape index (κ3) is 3.37. The Hall–Kier alpha value is -1.31. The fourth-order valence-electron chi connectivity index (χ4n) is 1.64. The van der Waals surface area contributed by atoms with Gasteiger partial charge in [-0.15, -0.1) is 0 Å². The molecule has 3 N–H and O–H groups in total. The third-order valence-corrected chi connectivity index (χ3v) is 3.23. The standard InChI is InChI=1S/C12H15BrN2O4/c1-17-6-8(14)12(16)15-9-5-11-10(4-7(9)13)18-2-3-19-11/h4-5,8H,2-3,6,14H2,1H3,(H,15,16). The Morgan fingerprint density at radius 2 is 2.11 bits per heavy atom. The van der Waals surface area contributed by atoms with E-state index in [-0.39, 0.29) is 12.5 Å². The molecule has 0 fully saturated rings. The smallest absolute Gasteiger partial charge is 0.243 e. The quantitative estimate of drug-likeness (QED) is 0.864. The minimum Gasteiger partial charge on any atom is -0.486 e. The van der Waals surface area contributed by atoms with Crippen LogP contribution in [0.15, 0.2) is 16.6 Å². The fraction of sp³-hybridized carbons (Fsp3) is 0.417. The number of amides is 1. The molecule has 1 atom stereocenters. The average molecular weight is 331 g/mol. The van der Waals surface area contributed by atoms with E-state index in [1.165, 1.54) is 7.11 Å². The molecule has 1 amide bonds. The van der Waals surface area contributed by atoms with Gasteiger partial charge in [0.05, 0.1) is 12.3 Å². The molecular weight excluding hydrogens is 316 g/mol. The molecule has 1 aromatic carbocycles. The minimum absolute atomic E-state index is 0.161. The molecule has 1 aliphatic rings. The van der Waals surface area contributed by atoms with Gasteiger partial charge < -0.3 is 25.3 Å². The van der Waals surface area contributed by atoms with Gasteiger partial charge in [-0.2, -0.15) is 0 Å². The van der Waals surface area contributed by atoms with Crippen LogP contribution in [-0.2, 0) is 9.53 Å². The maximum atomic E-state index is 11.8. The molecule has 7 heteroatoms. The predicted octanol–water partition coefficient (Wildman–Crippen LogP) is 1.13. The van der Waals surface area contributed by atoms with Crippen molar-refractivity contribution in [2.75, 3.05) is 32.2 Å². The van der Waals surface area contributed by atoms with Crippen molar-refractivity contribution in [2.24, 2.45) is 5.73 Å². The molecule has 0 bridgehead atoms. The maximum Gasteiger partial charge on any atom is 0.243 e. The van der Waals surface area contributed by atoms with E-state index < -0.39 is 6.04 Å². The summed E-state index contributed by atoms with van der Waals surface area (Å²) < 4.78 is 16.4. The van der Waals surface area contributed by atoms with Gasteiger partial charge in [0.1, 0.15) is 19.3 Å². The second kappa shape index (κ2) is 6.23. The van der Waals surface area contributed by atoms with E-state index in [1.807, 2.05) is 0 Å². The summed E-state index contributed by atoms with van der Waals surface area (Å²) >= 11 is 3.37. The van der Waals surface area contributed by atoms with Crippen LogP contribution in [0.5, 0.6) is 11.5 Å². The molecule has 19 heavy (non-hydrogen) atoms. The van der Waals surface area contributed by atoms with Gasteiger partial charge in [-0.25, -0.2) is 0 Å². The zero-order chi connectivity index (χ0) is 13.8. The number of carbonyl (C=O) groups excluding carboxylic acids is 1. The highest BCUT2D eigenvalue weighted by Gasteiger charge is 2.18. The average Bonchev–Trinajstić information content (AvgIpc) is 2.39. The molecule has 6 nitrogen and oxygen atoms in total. The topological polar surface area (TPSA) is 82.8 Å². The molecule has 1 heterocycles. The summed E-state index contributed by atoms with van der Waals surface area (Å²) in [6.45, 7) is 1.17. The van der Waals surface area contributed by atoms with E-state index in [9.17, 15) is 4.79 Å². The Balaban J connectivity index is 2.14. The van der Waals surface area contributed by atoms with Crippen molar-refractivity contribution in [1.29, 1.82) is 0 Å². The van der Waals surface area contributed by atoms with E-state index in [0.717, 1.165) is 0 Å². The minimum atomic E-state index is -0.717. The first-order valence-electron chi connectivity index (χ1n) is 5.76. The second-order valence-corrected chi connectivity index (χ2v) is 4.88. The zero-order valence-corrected chi connectivity index (χ0v) is 12.0. The third-order valence-electron chi connectivity index (χ3n) is 2.57. The molecule has 2 rings (SSSR count). The summed E-state index contributed by atoms with van der Waals surface area (Å²) in [6.07, 6.45) is 0. The van der Waals surface area contributed by atoms with Crippen LogP contribution in [0.2, 0.25) is 0 Å². The lowest BCUT2D eigenvalue weighted by Crippen LogP contribution is -2.39. The van der Waals surface area contributed by atoms with E-state index in [2.05, 4.69) is 21.2 Å². The van der Waals surface area contributed by atoms with E-state index >= 15 is 0 Å². The first kappa shape index (κ1) is 14.1. The number of nitrogens with one attached hydrogen (secondary N) is 1. The summed E-state index contributed by atoms with van der Waals surface area (Å²) in [5.41, 5.74) is 6.24. The maximum absolute atomic E-state index is 11.8. The lowest BCUT2D eigenvalue weighted by molar-refractivity contribution is -0.118. The number of hydrogen-bond acceptors (Lipinski definition) is 5. The molecule has 0 spiro atoms. The van der Waals surface area contributed by atoms with Gasteiger partial charge in [0.15, 0.2) is 11.5 Å². The van der Waals surface area contributed by atoms with Crippen molar-refractivity contribution < 1.29 is 19.0 Å². The van der Waals surface area contributed by atoms with Crippen molar-refractivity contribution in [2.45, 2.75) is 6.04 Å². The molecule has 1 unspecified atom stereocenters. The molecular formula is C12H15BrN2O4. The van der Waals surface area contributed by atoms with E-state index in [0.29, 0.717) is 34.9 Å². The number of halogens is 1. The summed E-state index contributed by atoms with van der Waals surface area (Å²) in [6, 6.07) is 2.74. The lowest BCUT2D eigenvalue weighted by Gasteiger charge is -2.20. The van der Waals surface area contributed by atoms with Crippen LogP contribution in [0.3, 0.4) is 0 Å². The van der Waals surface area contributed by atoms with Crippen molar-refractivity contribution in [1.82, 2.24) is 0 Å². The molecule has 0 aliphatic carbocycles. The van der Waals surface area contributed by atoms with Gasteiger partial charge >= 0.3 is 0 Å². The highest BCUT2D eigenvalue weighted by molar-refractivity contribution is 9.10. The molecule has 1 aromatic rings. The number of methoxy groups -OCH3 is 1. The van der Waals surface area contributed by atoms with Crippen LogP contribution in [0.1, 0.15) is 0 Å². The molecule has 0 saturated heterocycles. The van der Waals surface area contributed by atoms with Crippen LogP contribution in [0, 0.1) is 0 Å². The van der Waals surface area contributed by atoms with E-state index in [1.54, 1.807) is 12.1 Å². The second-order valence-electron chi connectivity index (χ2n) is 4.03. The zero-order valence-electron chi connectivity index (χ0n) is 10.4. The first-order valence-corrected chi connectivity index (χ1v) is 6.55. The molecule has 104 valence electrons. The highest BCUT2D eigenvalue weighted by Crippen LogP contribution is 2.38. The fourth-order valence-corrected chi connectivity index (χ4v) is 2.06. The van der Waals surface area contributed by atoms with Gasteiger partial charge in [0.2, 0.25) is 5.91 Å². The van der Waals surface area contributed by atoms with Crippen LogP contribution in [-0.4, -0.2) is 38.9 Å².